The number of hydrogen-bond donors (Lipinski definition) is 4. The average molecular weight is 422 g/mol. The molecule has 0 spiro atoms. The Hall–Kier alpha value is -2.46. The number of alkyl halides is 3. The van der Waals surface area contributed by atoms with E-state index in [0.717, 1.165) is 0 Å². The lowest BCUT2D eigenvalue weighted by Gasteiger charge is -2.41. The summed E-state index contributed by atoms with van der Waals surface area (Å²) < 4.78 is 44.5. The zero-order valence-electron chi connectivity index (χ0n) is 16.0. The minimum atomic E-state index is -4.56. The first-order valence-electron chi connectivity index (χ1n) is 9.49. The van der Waals surface area contributed by atoms with E-state index in [1.54, 1.807) is 43.3 Å². The number of nitrogens with one attached hydrogen (secondary N) is 1. The van der Waals surface area contributed by atoms with Crippen LogP contribution in [0.1, 0.15) is 24.4 Å². The maximum atomic E-state index is 12.9. The van der Waals surface area contributed by atoms with Gasteiger partial charge in [0.05, 0.1) is 29.8 Å². The van der Waals surface area contributed by atoms with Crippen molar-refractivity contribution < 1.29 is 33.2 Å². The van der Waals surface area contributed by atoms with Crippen LogP contribution in [0.4, 0.5) is 13.2 Å². The molecule has 3 aromatic rings. The van der Waals surface area contributed by atoms with E-state index in [1.165, 1.54) is 6.07 Å². The van der Waals surface area contributed by atoms with Gasteiger partial charge in [-0.15, -0.1) is 0 Å². The van der Waals surface area contributed by atoms with Crippen molar-refractivity contribution >= 4 is 11.0 Å². The van der Waals surface area contributed by atoms with Crippen LogP contribution in [0.5, 0.6) is 0 Å². The number of aliphatic hydroxyl groups is 3. The fourth-order valence-electron chi connectivity index (χ4n) is 3.81. The Kier molecular flexibility index (Phi) is 5.31. The molecule has 6 nitrogen and oxygen atoms in total. The number of benzene rings is 2. The Morgan fingerprint density at radius 3 is 2.50 bits per heavy atom. The number of aromatic nitrogens is 2. The van der Waals surface area contributed by atoms with Crippen LogP contribution in [-0.2, 0) is 10.9 Å². The molecule has 2 heterocycles. The molecule has 1 aliphatic heterocycles. The second kappa shape index (κ2) is 7.66. The van der Waals surface area contributed by atoms with Crippen LogP contribution in [0, 0.1) is 5.92 Å². The van der Waals surface area contributed by atoms with E-state index >= 15 is 0 Å². The summed E-state index contributed by atoms with van der Waals surface area (Å²) in [6, 6.07) is 11.7. The molecule has 1 aromatic heterocycles. The van der Waals surface area contributed by atoms with Crippen molar-refractivity contribution in [2.24, 2.45) is 5.92 Å². The predicted molar refractivity (Wildman–Crippen MR) is 102 cm³/mol. The number of halogens is 3. The summed E-state index contributed by atoms with van der Waals surface area (Å²) in [6.07, 6.45) is -8.27. The normalized spacial score (nSPS) is 27.5. The van der Waals surface area contributed by atoms with Gasteiger partial charge in [-0.1, -0.05) is 31.2 Å². The molecule has 5 atom stereocenters. The lowest BCUT2D eigenvalue weighted by Crippen LogP contribution is -2.50. The molecule has 1 aliphatic rings. The molecule has 0 radical (unpaired) electrons. The van der Waals surface area contributed by atoms with E-state index in [0.29, 0.717) is 16.7 Å². The quantitative estimate of drug-likeness (QED) is 0.520. The molecule has 4 rings (SSSR count). The van der Waals surface area contributed by atoms with Gasteiger partial charge in [0.2, 0.25) is 5.82 Å². The molecular weight excluding hydrogens is 401 g/mol. The number of hydrogen-bond acceptors (Lipinski definition) is 5. The Balaban J connectivity index is 1.68. The van der Waals surface area contributed by atoms with Gasteiger partial charge < -0.3 is 25.0 Å². The third kappa shape index (κ3) is 3.69. The van der Waals surface area contributed by atoms with Gasteiger partial charge in [0.1, 0.15) is 12.2 Å². The Morgan fingerprint density at radius 2 is 1.80 bits per heavy atom. The van der Waals surface area contributed by atoms with E-state index in [-0.39, 0.29) is 17.6 Å². The molecule has 4 N–H and O–H groups in total. The standard InChI is InChI=1S/C21H21F3N2O4/c1-10-16(9-27)30-19(18(29)17(10)28)13-4-2-3-11(7-13)12-5-6-14-15(8-12)26-20(25-14)21(22,23)24/h2-8,10,16-19,27-29H,9H2,1H3,(H,25,26). The Bertz CT molecular complexity index is 1050. The van der Waals surface area contributed by atoms with Gasteiger partial charge in [0.25, 0.3) is 0 Å². The van der Waals surface area contributed by atoms with Crippen molar-refractivity contribution in [3.8, 4) is 11.1 Å². The summed E-state index contributed by atoms with van der Waals surface area (Å²) in [5, 5.41) is 30.3. The maximum Gasteiger partial charge on any atom is 0.449 e. The lowest BCUT2D eigenvalue weighted by molar-refractivity contribution is -0.206. The average Bonchev–Trinajstić information content (AvgIpc) is 3.16. The summed E-state index contributed by atoms with van der Waals surface area (Å²) in [4.78, 5) is 5.86. The summed E-state index contributed by atoms with van der Waals surface area (Å²) in [7, 11) is 0. The van der Waals surface area contributed by atoms with Crippen LogP contribution >= 0.6 is 0 Å². The van der Waals surface area contributed by atoms with Crippen molar-refractivity contribution in [1.82, 2.24) is 9.97 Å². The van der Waals surface area contributed by atoms with Crippen LogP contribution in [0.3, 0.4) is 0 Å². The van der Waals surface area contributed by atoms with Gasteiger partial charge in [-0.2, -0.15) is 13.2 Å². The monoisotopic (exact) mass is 422 g/mol. The number of H-pyrrole nitrogens is 1. The SMILES string of the molecule is CC1C(CO)OC(c2cccc(-c3ccc4nc(C(F)(F)F)[nH]c4c3)c2)C(O)C1O. The molecule has 30 heavy (non-hydrogen) atoms. The van der Waals surface area contributed by atoms with Crippen molar-refractivity contribution in [2.45, 2.75) is 37.5 Å². The number of imidazole rings is 1. The van der Waals surface area contributed by atoms with Gasteiger partial charge in [-0.05, 0) is 34.9 Å². The highest BCUT2D eigenvalue weighted by atomic mass is 19.4. The molecule has 1 fully saturated rings. The fourth-order valence-corrected chi connectivity index (χ4v) is 3.81. The molecule has 0 saturated carbocycles. The molecule has 0 amide bonds. The second-order valence-electron chi connectivity index (χ2n) is 7.56. The largest absolute Gasteiger partial charge is 0.449 e. The highest BCUT2D eigenvalue weighted by Crippen LogP contribution is 2.37. The van der Waals surface area contributed by atoms with E-state index in [2.05, 4.69) is 9.97 Å². The van der Waals surface area contributed by atoms with Crippen molar-refractivity contribution in [3.05, 3.63) is 53.9 Å². The number of aliphatic hydroxyl groups excluding tert-OH is 3. The fraction of sp³-hybridized carbons (Fsp3) is 0.381. The van der Waals surface area contributed by atoms with Gasteiger partial charge in [-0.3, -0.25) is 0 Å². The van der Waals surface area contributed by atoms with Crippen LogP contribution < -0.4 is 0 Å². The summed E-state index contributed by atoms with van der Waals surface area (Å²) in [5.41, 5.74) is 2.40. The maximum absolute atomic E-state index is 12.9. The van der Waals surface area contributed by atoms with Crippen LogP contribution in [0.15, 0.2) is 42.5 Å². The van der Waals surface area contributed by atoms with E-state index in [1.807, 2.05) is 0 Å². The van der Waals surface area contributed by atoms with Crippen molar-refractivity contribution in [2.75, 3.05) is 6.61 Å². The third-order valence-corrected chi connectivity index (χ3v) is 5.59. The molecule has 2 aromatic carbocycles. The van der Waals surface area contributed by atoms with Gasteiger partial charge in [0.15, 0.2) is 0 Å². The molecule has 0 aliphatic carbocycles. The first kappa shape index (κ1) is 20.8. The highest BCUT2D eigenvalue weighted by Gasteiger charge is 2.42. The smallest absolute Gasteiger partial charge is 0.394 e. The summed E-state index contributed by atoms with van der Waals surface area (Å²) in [6.45, 7) is 1.40. The van der Waals surface area contributed by atoms with Crippen molar-refractivity contribution in [1.29, 1.82) is 0 Å². The summed E-state index contributed by atoms with van der Waals surface area (Å²) in [5.74, 6) is -1.49. The van der Waals surface area contributed by atoms with Crippen LogP contribution in [0.2, 0.25) is 0 Å². The molecule has 0 bridgehead atoms. The molecular formula is C21H21F3N2O4. The van der Waals surface area contributed by atoms with Crippen LogP contribution in [-0.4, -0.2) is 50.2 Å². The lowest BCUT2D eigenvalue weighted by atomic mass is 9.85. The van der Waals surface area contributed by atoms with Gasteiger partial charge in [0, 0.05) is 5.92 Å². The first-order chi connectivity index (χ1) is 14.2. The topological polar surface area (TPSA) is 98.6 Å². The number of fused-ring (bicyclic) bond motifs is 1. The molecule has 160 valence electrons. The minimum absolute atomic E-state index is 0.205. The van der Waals surface area contributed by atoms with Crippen LogP contribution in [0.25, 0.3) is 22.2 Å². The third-order valence-electron chi connectivity index (χ3n) is 5.59. The van der Waals surface area contributed by atoms with E-state index < -0.39 is 42.3 Å². The number of aromatic amines is 1. The number of ether oxygens (including phenoxy) is 1. The predicted octanol–water partition coefficient (Wildman–Crippen LogP) is 3.04. The zero-order valence-corrected chi connectivity index (χ0v) is 16.0. The Morgan fingerprint density at radius 1 is 1.07 bits per heavy atom. The van der Waals surface area contributed by atoms with Crippen molar-refractivity contribution in [3.63, 3.8) is 0 Å². The molecule has 9 heteroatoms. The van der Waals surface area contributed by atoms with E-state index in [9.17, 15) is 28.5 Å². The van der Waals surface area contributed by atoms with E-state index in [4.69, 9.17) is 4.74 Å². The molecule has 5 unspecified atom stereocenters. The van der Waals surface area contributed by atoms with Gasteiger partial charge >= 0.3 is 6.18 Å². The first-order valence-corrected chi connectivity index (χ1v) is 9.49. The van der Waals surface area contributed by atoms with Gasteiger partial charge in [-0.25, -0.2) is 4.98 Å². The number of rotatable bonds is 3. The molecule has 1 saturated heterocycles. The Labute approximate surface area is 170 Å². The number of nitrogens with zero attached hydrogens (tertiary/aromatic N) is 1. The zero-order chi connectivity index (χ0) is 21.6. The second-order valence-corrected chi connectivity index (χ2v) is 7.56. The minimum Gasteiger partial charge on any atom is -0.394 e. The summed E-state index contributed by atoms with van der Waals surface area (Å²) >= 11 is 0. The highest BCUT2D eigenvalue weighted by molar-refractivity contribution is 5.82.